The van der Waals surface area contributed by atoms with E-state index in [2.05, 4.69) is 43.0 Å². The number of fused-ring (bicyclic) bond motifs is 2. The van der Waals surface area contributed by atoms with Crippen molar-refractivity contribution < 1.29 is 10.9 Å². The summed E-state index contributed by atoms with van der Waals surface area (Å²) in [5.74, 6) is -0.131. The molecule has 2 aliphatic heterocycles. The molecule has 0 saturated heterocycles. The zero-order valence-corrected chi connectivity index (χ0v) is 17.9. The van der Waals surface area contributed by atoms with Gasteiger partial charge in [-0.3, -0.25) is 0 Å². The Kier molecular flexibility index (Phi) is 4.98. The van der Waals surface area contributed by atoms with Crippen LogP contribution in [-0.2, 0) is 11.7 Å². The first-order chi connectivity index (χ1) is 10.9. The van der Waals surface area contributed by atoms with Crippen LogP contribution in [0.3, 0.4) is 0 Å². The van der Waals surface area contributed by atoms with Crippen molar-refractivity contribution in [3.8, 4) is 0 Å². The van der Waals surface area contributed by atoms with Gasteiger partial charge in [-0.1, -0.05) is 0 Å². The second-order valence-corrected chi connectivity index (χ2v) is 13.8. The summed E-state index contributed by atoms with van der Waals surface area (Å²) < 4.78 is 13.8. The predicted octanol–water partition coefficient (Wildman–Crippen LogP) is 5.25. The molecule has 4 rings (SSSR count). The van der Waals surface area contributed by atoms with E-state index in [9.17, 15) is 4.79 Å². The van der Waals surface area contributed by atoms with Gasteiger partial charge in [-0.15, -0.1) is 0 Å². The molecule has 0 saturated carbocycles. The summed E-state index contributed by atoms with van der Waals surface area (Å²) in [5.41, 5.74) is 2.15. The van der Waals surface area contributed by atoms with Gasteiger partial charge in [0, 0.05) is 0 Å². The van der Waals surface area contributed by atoms with Gasteiger partial charge < -0.3 is 0 Å². The predicted molar refractivity (Wildman–Crippen MR) is 110 cm³/mol. The van der Waals surface area contributed by atoms with Crippen LogP contribution < -0.4 is 0 Å². The van der Waals surface area contributed by atoms with Crippen LogP contribution in [0.25, 0.3) is 0 Å². The number of halogens is 2. The first-order valence-corrected chi connectivity index (χ1v) is 15.4. The van der Waals surface area contributed by atoms with Crippen LogP contribution in [0.5, 0.6) is 0 Å². The molecule has 3 nitrogen and oxygen atoms in total. The van der Waals surface area contributed by atoms with Gasteiger partial charge in [0.1, 0.15) is 0 Å². The number of alkyl halides is 2. The third kappa shape index (κ3) is 3.41. The Hall–Kier alpha value is -0.670. The van der Waals surface area contributed by atoms with E-state index in [1.165, 1.54) is 9.13 Å². The van der Waals surface area contributed by atoms with E-state index in [1.54, 1.807) is 0 Å². The molecule has 5 heteroatoms. The van der Waals surface area contributed by atoms with E-state index in [0.717, 1.165) is 9.13 Å². The Morgan fingerprint density at radius 2 is 1.48 bits per heavy atom. The second-order valence-electron chi connectivity index (χ2n) is 5.75. The Balaban J connectivity index is 0.000000136. The van der Waals surface area contributed by atoms with E-state index in [0.29, 0.717) is 0 Å². The van der Waals surface area contributed by atoms with E-state index < -0.39 is 40.5 Å². The zero-order valence-electron chi connectivity index (χ0n) is 13.6. The minimum absolute atomic E-state index is 0.0316. The number of hydrogen-bond donors (Lipinski definition) is 0. The summed E-state index contributed by atoms with van der Waals surface area (Å²) in [5, 5.41) is 0. The molecule has 0 atom stereocenters. The van der Waals surface area contributed by atoms with Gasteiger partial charge in [-0.25, -0.2) is 0 Å². The van der Waals surface area contributed by atoms with Crippen molar-refractivity contribution in [2.24, 2.45) is 0 Å². The SMILES string of the molecule is CI1OC(=O)c2ccccc21.CI1OC(C)(C)c2ccccc21. The Labute approximate surface area is 152 Å². The molecular weight excluding hydrogens is 518 g/mol. The van der Waals surface area contributed by atoms with E-state index >= 15 is 0 Å². The van der Waals surface area contributed by atoms with Crippen LogP contribution in [0.15, 0.2) is 48.5 Å². The van der Waals surface area contributed by atoms with Crippen molar-refractivity contribution in [1.29, 1.82) is 0 Å². The van der Waals surface area contributed by atoms with Crippen molar-refractivity contribution in [2.45, 2.75) is 19.4 Å². The average Bonchev–Trinajstić information content (AvgIpc) is 2.95. The van der Waals surface area contributed by atoms with Gasteiger partial charge in [0.15, 0.2) is 0 Å². The summed E-state index contributed by atoms with van der Waals surface area (Å²) in [4.78, 5) is 15.4. The Morgan fingerprint density at radius 3 is 2.13 bits per heavy atom. The quantitative estimate of drug-likeness (QED) is 0.340. The summed E-state index contributed by atoms with van der Waals surface area (Å²) in [6, 6.07) is 16.3. The summed E-state index contributed by atoms with van der Waals surface area (Å²) in [6.07, 6.45) is 0. The molecule has 2 aliphatic rings. The normalized spacial score (nSPS) is 20.3. The molecule has 2 heterocycles. The first-order valence-electron chi connectivity index (χ1n) is 7.21. The number of benzene rings is 2. The fourth-order valence-electron chi connectivity index (χ4n) is 2.60. The van der Waals surface area contributed by atoms with Crippen molar-refractivity contribution in [3.05, 3.63) is 66.8 Å². The number of hydrogen-bond acceptors (Lipinski definition) is 3. The molecule has 0 radical (unpaired) electrons. The molecule has 0 N–H and O–H groups in total. The average molecular weight is 538 g/mol. The maximum atomic E-state index is 11.1. The Bertz CT molecular complexity index is 743. The molecule has 0 amide bonds. The molecule has 2 aromatic rings. The zero-order chi connectivity index (χ0) is 16.6. The molecule has 0 bridgehead atoms. The summed E-state index contributed by atoms with van der Waals surface area (Å²) in [7, 11) is 0. The van der Waals surface area contributed by atoms with Crippen molar-refractivity contribution in [1.82, 2.24) is 0 Å². The first kappa shape index (κ1) is 17.2. The molecule has 124 valence electrons. The molecule has 0 spiro atoms. The van der Waals surface area contributed by atoms with E-state index in [1.807, 2.05) is 29.2 Å². The molecule has 0 aromatic heterocycles. The number of carbonyl (C=O) groups is 1. The number of rotatable bonds is 0. The summed E-state index contributed by atoms with van der Waals surface area (Å²) in [6.45, 7) is 4.32. The van der Waals surface area contributed by atoms with Gasteiger partial charge in [0.25, 0.3) is 0 Å². The van der Waals surface area contributed by atoms with Crippen LogP contribution in [-0.4, -0.2) is 15.8 Å². The van der Waals surface area contributed by atoms with Gasteiger partial charge >= 0.3 is 153 Å². The minimum atomic E-state index is -1.52. The molecular formula is C18H20I2O3. The standard InChI is InChI=1S/C10H13IO.C8H7IO2/c1-10(2)8-6-4-5-7-9(8)11(3)12-10;1-9-7-5-3-2-4-6(7)8(10)11-9/h4-7H,1-3H3;2-5H,1H3. The van der Waals surface area contributed by atoms with Gasteiger partial charge in [0.2, 0.25) is 0 Å². The second kappa shape index (κ2) is 6.68. The monoisotopic (exact) mass is 538 g/mol. The van der Waals surface area contributed by atoms with Crippen molar-refractivity contribution in [3.63, 3.8) is 0 Å². The Morgan fingerprint density at radius 1 is 0.870 bits per heavy atom. The molecule has 2 aromatic carbocycles. The topological polar surface area (TPSA) is 35.5 Å². The van der Waals surface area contributed by atoms with E-state index in [-0.39, 0.29) is 11.6 Å². The van der Waals surface area contributed by atoms with Crippen LogP contribution in [0.1, 0.15) is 29.8 Å². The van der Waals surface area contributed by atoms with Crippen LogP contribution in [0.4, 0.5) is 0 Å². The van der Waals surface area contributed by atoms with Gasteiger partial charge in [0.05, 0.1) is 0 Å². The molecule has 0 unspecified atom stereocenters. The van der Waals surface area contributed by atoms with Crippen LogP contribution in [0.2, 0.25) is 0 Å². The molecule has 23 heavy (non-hydrogen) atoms. The maximum absolute atomic E-state index is 11.1. The van der Waals surface area contributed by atoms with E-state index in [4.69, 9.17) is 6.13 Å². The number of carbonyl (C=O) groups excluding carboxylic acids is 1. The van der Waals surface area contributed by atoms with Crippen molar-refractivity contribution in [2.75, 3.05) is 9.86 Å². The molecule has 0 fully saturated rings. The molecule has 0 aliphatic carbocycles. The van der Waals surface area contributed by atoms with Gasteiger partial charge in [-0.05, 0) is 0 Å². The third-order valence-corrected chi connectivity index (χ3v) is 11.7. The summed E-state index contributed by atoms with van der Waals surface area (Å²) >= 11 is -2.76. The fourth-order valence-corrected chi connectivity index (χ4v) is 10.1. The van der Waals surface area contributed by atoms with Crippen molar-refractivity contribution >= 4 is 46.4 Å². The van der Waals surface area contributed by atoms with Crippen LogP contribution >= 0.6 is 40.5 Å². The fraction of sp³-hybridized carbons (Fsp3) is 0.278. The third-order valence-electron chi connectivity index (χ3n) is 3.68. The van der Waals surface area contributed by atoms with Crippen LogP contribution in [0, 0.1) is 7.14 Å². The van der Waals surface area contributed by atoms with Gasteiger partial charge in [-0.2, -0.15) is 0 Å².